The zero-order valence-electron chi connectivity index (χ0n) is 10.2. The van der Waals surface area contributed by atoms with Crippen LogP contribution in [0.5, 0.6) is 11.5 Å². The van der Waals surface area contributed by atoms with Crippen LogP contribution in [0.1, 0.15) is 18.4 Å². The maximum Gasteiger partial charge on any atom is 0.163 e. The Labute approximate surface area is 105 Å². The summed E-state index contributed by atoms with van der Waals surface area (Å²) in [6.07, 6.45) is 4.46. The average Bonchev–Trinajstić information content (AvgIpc) is 3.11. The van der Waals surface area contributed by atoms with Gasteiger partial charge in [-0.3, -0.25) is 0 Å². The minimum absolute atomic E-state index is 0.196. The molecule has 0 bridgehead atoms. The molecule has 1 fully saturated rings. The summed E-state index contributed by atoms with van der Waals surface area (Å²) >= 11 is 0. The standard InChI is InChI=1S/C14H16N2O2/c15-8-14(1-2-14)10-7-16-11-6-13-12(5-9(10)11)17-3-4-18-13/h5-7,16H,1-4,8,15H2. The number of nitrogens with one attached hydrogen (secondary N) is 1. The van der Waals surface area contributed by atoms with Gasteiger partial charge in [-0.1, -0.05) is 0 Å². The third kappa shape index (κ3) is 1.29. The van der Waals surface area contributed by atoms with Crippen LogP contribution in [0.25, 0.3) is 10.9 Å². The molecule has 4 nitrogen and oxygen atoms in total. The fourth-order valence-electron chi connectivity index (χ4n) is 2.83. The van der Waals surface area contributed by atoms with Crippen molar-refractivity contribution in [2.24, 2.45) is 5.73 Å². The SMILES string of the molecule is NCC1(c2c[nH]c3cc4c(cc23)OCCO4)CC1. The monoisotopic (exact) mass is 244 g/mol. The van der Waals surface area contributed by atoms with Gasteiger partial charge in [-0.2, -0.15) is 0 Å². The lowest BCUT2D eigenvalue weighted by Crippen LogP contribution is -2.19. The van der Waals surface area contributed by atoms with Crippen LogP contribution in [-0.4, -0.2) is 24.7 Å². The van der Waals surface area contributed by atoms with E-state index in [-0.39, 0.29) is 5.41 Å². The van der Waals surface area contributed by atoms with E-state index in [1.54, 1.807) is 0 Å². The average molecular weight is 244 g/mol. The molecule has 0 atom stereocenters. The molecule has 4 rings (SSSR count). The van der Waals surface area contributed by atoms with Gasteiger partial charge in [-0.25, -0.2) is 0 Å². The first-order valence-corrected chi connectivity index (χ1v) is 6.44. The first kappa shape index (κ1) is 10.3. The number of aromatic amines is 1. The highest BCUT2D eigenvalue weighted by molar-refractivity contribution is 5.88. The highest BCUT2D eigenvalue weighted by atomic mass is 16.6. The van der Waals surface area contributed by atoms with Crippen molar-refractivity contribution in [3.05, 3.63) is 23.9 Å². The Kier molecular flexibility index (Phi) is 1.95. The summed E-state index contributed by atoms with van der Waals surface area (Å²) in [5.41, 5.74) is 8.55. The molecule has 2 aliphatic rings. The topological polar surface area (TPSA) is 60.3 Å². The quantitative estimate of drug-likeness (QED) is 0.848. The molecular weight excluding hydrogens is 228 g/mol. The van der Waals surface area contributed by atoms with Gasteiger partial charge in [0.2, 0.25) is 0 Å². The number of ether oxygens (including phenoxy) is 2. The second-order valence-corrected chi connectivity index (χ2v) is 5.23. The molecule has 2 heterocycles. The smallest absolute Gasteiger partial charge is 0.163 e. The Balaban J connectivity index is 1.91. The molecule has 3 N–H and O–H groups in total. The molecule has 4 heteroatoms. The van der Waals surface area contributed by atoms with Gasteiger partial charge >= 0.3 is 0 Å². The number of benzene rings is 1. The van der Waals surface area contributed by atoms with Gasteiger partial charge in [-0.15, -0.1) is 0 Å². The molecule has 1 aromatic carbocycles. The van der Waals surface area contributed by atoms with Crippen molar-refractivity contribution in [1.82, 2.24) is 4.98 Å². The highest BCUT2D eigenvalue weighted by Gasteiger charge is 2.44. The number of fused-ring (bicyclic) bond motifs is 2. The third-order valence-electron chi connectivity index (χ3n) is 4.16. The van der Waals surface area contributed by atoms with Crippen molar-refractivity contribution in [2.75, 3.05) is 19.8 Å². The summed E-state index contributed by atoms with van der Waals surface area (Å²) in [7, 11) is 0. The number of aromatic nitrogens is 1. The van der Waals surface area contributed by atoms with E-state index in [4.69, 9.17) is 15.2 Å². The summed E-state index contributed by atoms with van der Waals surface area (Å²) in [6, 6.07) is 4.12. The molecule has 1 aliphatic heterocycles. The van der Waals surface area contributed by atoms with Crippen LogP contribution < -0.4 is 15.2 Å². The second-order valence-electron chi connectivity index (χ2n) is 5.23. The molecular formula is C14H16N2O2. The van der Waals surface area contributed by atoms with Gasteiger partial charge in [0.25, 0.3) is 0 Å². The van der Waals surface area contributed by atoms with Gasteiger partial charge in [0.1, 0.15) is 13.2 Å². The third-order valence-corrected chi connectivity index (χ3v) is 4.16. The number of nitrogens with two attached hydrogens (primary N) is 1. The predicted octanol–water partition coefficient (Wildman–Crippen LogP) is 1.93. The summed E-state index contributed by atoms with van der Waals surface area (Å²) < 4.78 is 11.3. The molecule has 0 amide bonds. The lowest BCUT2D eigenvalue weighted by Gasteiger charge is -2.19. The van der Waals surface area contributed by atoms with Gasteiger partial charge in [-0.05, 0) is 24.5 Å². The largest absolute Gasteiger partial charge is 0.486 e. The Morgan fingerprint density at radius 1 is 1.17 bits per heavy atom. The maximum absolute atomic E-state index is 5.92. The lowest BCUT2D eigenvalue weighted by molar-refractivity contribution is 0.172. The van der Waals surface area contributed by atoms with Gasteiger partial charge in [0, 0.05) is 35.1 Å². The van der Waals surface area contributed by atoms with Crippen LogP contribution in [0.4, 0.5) is 0 Å². The number of H-pyrrole nitrogens is 1. The number of hydrogen-bond acceptors (Lipinski definition) is 3. The summed E-state index contributed by atoms with van der Waals surface area (Å²) in [4.78, 5) is 3.33. The maximum atomic E-state index is 5.92. The van der Waals surface area contributed by atoms with Crippen molar-refractivity contribution >= 4 is 10.9 Å². The van der Waals surface area contributed by atoms with E-state index in [0.717, 1.165) is 17.0 Å². The molecule has 0 unspecified atom stereocenters. The van der Waals surface area contributed by atoms with E-state index in [1.807, 2.05) is 6.07 Å². The second kappa shape index (κ2) is 3.42. The Morgan fingerprint density at radius 3 is 2.56 bits per heavy atom. The minimum atomic E-state index is 0.196. The van der Waals surface area contributed by atoms with Gasteiger partial charge in [0.15, 0.2) is 11.5 Å². The molecule has 18 heavy (non-hydrogen) atoms. The number of rotatable bonds is 2. The van der Waals surface area contributed by atoms with Crippen LogP contribution in [0.3, 0.4) is 0 Å². The molecule has 2 aromatic rings. The lowest BCUT2D eigenvalue weighted by atomic mass is 9.95. The van der Waals surface area contributed by atoms with Crippen molar-refractivity contribution in [1.29, 1.82) is 0 Å². The van der Waals surface area contributed by atoms with Crippen LogP contribution in [-0.2, 0) is 5.41 Å². The molecule has 0 saturated heterocycles. The zero-order valence-corrected chi connectivity index (χ0v) is 10.2. The van der Waals surface area contributed by atoms with Crippen molar-refractivity contribution < 1.29 is 9.47 Å². The molecule has 1 aromatic heterocycles. The Bertz CT molecular complexity index is 614. The molecule has 1 saturated carbocycles. The van der Waals surface area contributed by atoms with Gasteiger partial charge in [0.05, 0.1) is 0 Å². The van der Waals surface area contributed by atoms with E-state index in [9.17, 15) is 0 Å². The first-order valence-electron chi connectivity index (χ1n) is 6.44. The fourth-order valence-corrected chi connectivity index (χ4v) is 2.83. The van der Waals surface area contributed by atoms with Crippen LogP contribution in [0.15, 0.2) is 18.3 Å². The molecule has 0 radical (unpaired) electrons. The van der Waals surface area contributed by atoms with E-state index in [2.05, 4.69) is 17.2 Å². The van der Waals surface area contributed by atoms with Crippen molar-refractivity contribution in [2.45, 2.75) is 18.3 Å². The zero-order chi connectivity index (χ0) is 12.2. The number of hydrogen-bond donors (Lipinski definition) is 2. The normalized spacial score (nSPS) is 20.1. The van der Waals surface area contributed by atoms with Crippen molar-refractivity contribution in [3.63, 3.8) is 0 Å². The van der Waals surface area contributed by atoms with Gasteiger partial charge < -0.3 is 20.2 Å². The Morgan fingerprint density at radius 2 is 1.89 bits per heavy atom. The fraction of sp³-hybridized carbons (Fsp3) is 0.429. The van der Waals surface area contributed by atoms with Crippen LogP contribution in [0.2, 0.25) is 0 Å². The summed E-state index contributed by atoms with van der Waals surface area (Å²) in [6.45, 7) is 1.97. The minimum Gasteiger partial charge on any atom is -0.486 e. The molecule has 0 spiro atoms. The Hall–Kier alpha value is -1.68. The van der Waals surface area contributed by atoms with Crippen molar-refractivity contribution in [3.8, 4) is 11.5 Å². The van der Waals surface area contributed by atoms with E-state index >= 15 is 0 Å². The van der Waals surface area contributed by atoms with E-state index < -0.39 is 0 Å². The highest BCUT2D eigenvalue weighted by Crippen LogP contribution is 2.50. The first-order chi connectivity index (χ1) is 8.82. The van der Waals surface area contributed by atoms with Crippen LogP contribution >= 0.6 is 0 Å². The van der Waals surface area contributed by atoms with E-state index in [1.165, 1.54) is 23.8 Å². The predicted molar refractivity (Wildman–Crippen MR) is 69.3 cm³/mol. The summed E-state index contributed by atoms with van der Waals surface area (Å²) in [5, 5.41) is 1.22. The van der Waals surface area contributed by atoms with Crippen LogP contribution in [0, 0.1) is 0 Å². The molecule has 94 valence electrons. The summed E-state index contributed by atoms with van der Waals surface area (Å²) in [5.74, 6) is 1.68. The molecule has 1 aliphatic carbocycles. The van der Waals surface area contributed by atoms with E-state index in [0.29, 0.717) is 19.8 Å².